The van der Waals surface area contributed by atoms with Crippen molar-refractivity contribution in [3.63, 3.8) is 0 Å². The number of aryl methyl sites for hydroxylation is 1. The molecule has 0 unspecified atom stereocenters. The Kier molecular flexibility index (Phi) is 2.59. The predicted octanol–water partition coefficient (Wildman–Crippen LogP) is 2.62. The highest BCUT2D eigenvalue weighted by Gasteiger charge is 2.08. The van der Waals surface area contributed by atoms with E-state index >= 15 is 0 Å². The Morgan fingerprint density at radius 3 is 2.84 bits per heavy atom. The van der Waals surface area contributed by atoms with Crippen LogP contribution in [0, 0.1) is 6.92 Å². The molecule has 0 aliphatic heterocycles. The largest absolute Gasteiger partial charge is 0.397 e. The molecule has 96 valence electrons. The minimum absolute atomic E-state index is 0.709. The van der Waals surface area contributed by atoms with Crippen LogP contribution >= 0.6 is 0 Å². The van der Waals surface area contributed by atoms with E-state index in [4.69, 9.17) is 5.73 Å². The number of aromatic amines is 1. The zero-order valence-corrected chi connectivity index (χ0v) is 10.9. The summed E-state index contributed by atoms with van der Waals surface area (Å²) in [5, 5.41) is 0. The Bertz CT molecular complexity index is 732. The molecule has 0 atom stereocenters. The second-order valence-electron chi connectivity index (χ2n) is 4.51. The maximum atomic E-state index is 5.79. The Balaban J connectivity index is 2.01. The number of H-pyrrole nitrogens is 1. The smallest absolute Gasteiger partial charge is 0.133 e. The van der Waals surface area contributed by atoms with Crippen LogP contribution < -0.4 is 10.6 Å². The molecule has 3 N–H and O–H groups in total. The summed E-state index contributed by atoms with van der Waals surface area (Å²) in [4.78, 5) is 13.8. The fourth-order valence-corrected chi connectivity index (χ4v) is 2.01. The molecular weight excluding hydrogens is 238 g/mol. The molecule has 1 aromatic carbocycles. The first-order valence-corrected chi connectivity index (χ1v) is 6.05. The van der Waals surface area contributed by atoms with Crippen LogP contribution in [0.1, 0.15) is 5.69 Å². The van der Waals surface area contributed by atoms with Crippen molar-refractivity contribution >= 4 is 28.2 Å². The summed E-state index contributed by atoms with van der Waals surface area (Å²) >= 11 is 0. The van der Waals surface area contributed by atoms with E-state index in [9.17, 15) is 0 Å². The Labute approximate surface area is 111 Å². The molecule has 5 nitrogen and oxygen atoms in total. The van der Waals surface area contributed by atoms with Crippen LogP contribution in [0.25, 0.3) is 11.0 Å². The lowest BCUT2D eigenvalue weighted by Crippen LogP contribution is -2.12. The number of hydrogen-bond donors (Lipinski definition) is 2. The lowest BCUT2D eigenvalue weighted by molar-refractivity contribution is 1.10. The first-order valence-electron chi connectivity index (χ1n) is 6.05. The van der Waals surface area contributed by atoms with Crippen LogP contribution in [0.15, 0.2) is 36.7 Å². The van der Waals surface area contributed by atoms with Crippen molar-refractivity contribution in [3.8, 4) is 0 Å². The SMILES string of the molecule is Cc1nc(N(C)c2ccc3nc[nH]c3c2)ccc1N. The third-order valence-corrected chi connectivity index (χ3v) is 3.25. The van der Waals surface area contributed by atoms with Gasteiger partial charge >= 0.3 is 0 Å². The van der Waals surface area contributed by atoms with Gasteiger partial charge in [0.05, 0.1) is 28.7 Å². The van der Waals surface area contributed by atoms with E-state index in [-0.39, 0.29) is 0 Å². The average molecular weight is 253 g/mol. The monoisotopic (exact) mass is 253 g/mol. The molecule has 3 rings (SSSR count). The van der Waals surface area contributed by atoms with Gasteiger partial charge in [-0.3, -0.25) is 0 Å². The number of nitrogens with one attached hydrogen (secondary N) is 1. The summed E-state index contributed by atoms with van der Waals surface area (Å²) in [6.07, 6.45) is 1.69. The summed E-state index contributed by atoms with van der Waals surface area (Å²) in [5.74, 6) is 0.866. The van der Waals surface area contributed by atoms with Crippen molar-refractivity contribution in [2.45, 2.75) is 6.92 Å². The minimum Gasteiger partial charge on any atom is -0.397 e. The highest BCUT2D eigenvalue weighted by atomic mass is 15.2. The normalized spacial score (nSPS) is 10.8. The van der Waals surface area contributed by atoms with E-state index in [2.05, 4.69) is 21.0 Å². The van der Waals surface area contributed by atoms with E-state index in [1.54, 1.807) is 6.33 Å². The molecule has 0 aliphatic carbocycles. The summed E-state index contributed by atoms with van der Waals surface area (Å²) in [7, 11) is 1.98. The number of pyridine rings is 1. The van der Waals surface area contributed by atoms with Crippen molar-refractivity contribution < 1.29 is 0 Å². The van der Waals surface area contributed by atoms with Crippen molar-refractivity contribution in [2.75, 3.05) is 17.7 Å². The first kappa shape index (κ1) is 11.5. The standard InChI is InChI=1S/C14H15N5/c1-9-11(15)4-6-14(18-9)19(2)10-3-5-12-13(7-10)17-8-16-12/h3-8H,15H2,1-2H3,(H,16,17). The molecule has 0 saturated carbocycles. The summed E-state index contributed by atoms with van der Waals surface area (Å²) in [6.45, 7) is 1.91. The third-order valence-electron chi connectivity index (χ3n) is 3.25. The van der Waals surface area contributed by atoms with E-state index in [1.165, 1.54) is 0 Å². The van der Waals surface area contributed by atoms with Gasteiger partial charge in [0.1, 0.15) is 5.82 Å². The van der Waals surface area contributed by atoms with Gasteiger partial charge in [-0.2, -0.15) is 0 Å². The predicted molar refractivity (Wildman–Crippen MR) is 77.5 cm³/mol. The number of aromatic nitrogens is 3. The number of anilines is 3. The van der Waals surface area contributed by atoms with Gasteiger partial charge in [-0.05, 0) is 37.3 Å². The number of nitrogens with zero attached hydrogens (tertiary/aromatic N) is 3. The maximum absolute atomic E-state index is 5.79. The molecule has 0 spiro atoms. The van der Waals surface area contributed by atoms with Gasteiger partial charge in [0.2, 0.25) is 0 Å². The zero-order valence-electron chi connectivity index (χ0n) is 10.9. The van der Waals surface area contributed by atoms with Gasteiger partial charge < -0.3 is 15.6 Å². The molecule has 5 heteroatoms. The number of benzene rings is 1. The van der Waals surface area contributed by atoms with Crippen LogP contribution in [0.2, 0.25) is 0 Å². The number of rotatable bonds is 2. The molecule has 0 radical (unpaired) electrons. The van der Waals surface area contributed by atoms with Crippen LogP contribution in [-0.2, 0) is 0 Å². The molecule has 0 saturated heterocycles. The topological polar surface area (TPSA) is 70.8 Å². The van der Waals surface area contributed by atoms with Gasteiger partial charge in [0.15, 0.2) is 0 Å². The Hall–Kier alpha value is -2.56. The fourth-order valence-electron chi connectivity index (χ4n) is 2.01. The maximum Gasteiger partial charge on any atom is 0.133 e. The lowest BCUT2D eigenvalue weighted by atomic mass is 10.2. The van der Waals surface area contributed by atoms with Crippen LogP contribution in [-0.4, -0.2) is 22.0 Å². The van der Waals surface area contributed by atoms with Crippen LogP contribution in [0.4, 0.5) is 17.2 Å². The first-order chi connectivity index (χ1) is 9.15. The molecular formula is C14H15N5. The van der Waals surface area contributed by atoms with E-state index < -0.39 is 0 Å². The number of nitrogen functional groups attached to an aromatic ring is 1. The quantitative estimate of drug-likeness (QED) is 0.736. The van der Waals surface area contributed by atoms with Gasteiger partial charge in [-0.1, -0.05) is 0 Å². The molecule has 0 aliphatic rings. The molecule has 0 amide bonds. The lowest BCUT2D eigenvalue weighted by Gasteiger charge is -2.19. The summed E-state index contributed by atoms with van der Waals surface area (Å²) in [6, 6.07) is 9.86. The second-order valence-corrected chi connectivity index (χ2v) is 4.51. The van der Waals surface area contributed by atoms with Gasteiger partial charge in [0.25, 0.3) is 0 Å². The molecule has 19 heavy (non-hydrogen) atoms. The molecule has 0 fully saturated rings. The minimum atomic E-state index is 0.709. The number of fused-ring (bicyclic) bond motifs is 1. The highest BCUT2D eigenvalue weighted by molar-refractivity contribution is 5.80. The summed E-state index contributed by atoms with van der Waals surface area (Å²) < 4.78 is 0. The number of imidazole rings is 1. The Morgan fingerprint density at radius 1 is 1.21 bits per heavy atom. The number of nitrogens with two attached hydrogens (primary N) is 1. The van der Waals surface area contributed by atoms with Crippen molar-refractivity contribution in [1.82, 2.24) is 15.0 Å². The average Bonchev–Trinajstić information content (AvgIpc) is 2.88. The van der Waals surface area contributed by atoms with E-state index in [1.807, 2.05) is 43.1 Å². The fraction of sp³-hybridized carbons (Fsp3) is 0.143. The highest BCUT2D eigenvalue weighted by Crippen LogP contribution is 2.25. The van der Waals surface area contributed by atoms with Crippen molar-refractivity contribution in [1.29, 1.82) is 0 Å². The van der Waals surface area contributed by atoms with Gasteiger partial charge in [0, 0.05) is 12.7 Å². The molecule has 2 heterocycles. The van der Waals surface area contributed by atoms with E-state index in [0.717, 1.165) is 28.2 Å². The van der Waals surface area contributed by atoms with Crippen LogP contribution in [0.3, 0.4) is 0 Å². The zero-order chi connectivity index (χ0) is 13.4. The van der Waals surface area contributed by atoms with E-state index in [0.29, 0.717) is 5.69 Å². The Morgan fingerprint density at radius 2 is 2.05 bits per heavy atom. The number of hydrogen-bond acceptors (Lipinski definition) is 4. The molecule has 0 bridgehead atoms. The second kappa shape index (κ2) is 4.28. The molecule has 2 aromatic heterocycles. The van der Waals surface area contributed by atoms with Crippen molar-refractivity contribution in [3.05, 3.63) is 42.4 Å². The van der Waals surface area contributed by atoms with Crippen LogP contribution in [0.5, 0.6) is 0 Å². The summed E-state index contributed by atoms with van der Waals surface area (Å²) in [5.41, 5.74) is 10.4. The van der Waals surface area contributed by atoms with Gasteiger partial charge in [-0.25, -0.2) is 9.97 Å². The third kappa shape index (κ3) is 1.99. The van der Waals surface area contributed by atoms with Crippen molar-refractivity contribution in [2.24, 2.45) is 0 Å². The molecule has 3 aromatic rings. The van der Waals surface area contributed by atoms with Gasteiger partial charge in [-0.15, -0.1) is 0 Å².